The smallest absolute Gasteiger partial charge is 0.130 e. The van der Waals surface area contributed by atoms with Gasteiger partial charge in [0.2, 0.25) is 0 Å². The van der Waals surface area contributed by atoms with Crippen molar-refractivity contribution in [2.45, 2.75) is 87.5 Å². The molecule has 4 atom stereocenters. The Labute approximate surface area is 210 Å². The molecule has 34 heavy (non-hydrogen) atoms. The monoisotopic (exact) mass is 472 g/mol. The van der Waals surface area contributed by atoms with Crippen LogP contribution >= 0.6 is 0 Å². The fourth-order valence-electron chi connectivity index (χ4n) is 3.48. The molecule has 0 aliphatic rings. The van der Waals surface area contributed by atoms with E-state index in [-0.39, 0.29) is 23.5 Å². The second-order valence-electron chi connectivity index (χ2n) is 10.8. The van der Waals surface area contributed by atoms with Gasteiger partial charge in [-0.2, -0.15) is 0 Å². The van der Waals surface area contributed by atoms with Gasteiger partial charge in [0.15, 0.2) is 0 Å². The van der Waals surface area contributed by atoms with E-state index in [1.807, 2.05) is 6.92 Å². The summed E-state index contributed by atoms with van der Waals surface area (Å²) in [5.74, 6) is 1.46. The Morgan fingerprint density at radius 1 is 0.676 bits per heavy atom. The van der Waals surface area contributed by atoms with Gasteiger partial charge in [-0.1, -0.05) is 80.4 Å². The minimum absolute atomic E-state index is 0.215. The maximum atomic E-state index is 14.8. The van der Waals surface area contributed by atoms with Crippen molar-refractivity contribution in [3.8, 4) is 0 Å². The molecule has 0 saturated carbocycles. The summed E-state index contributed by atoms with van der Waals surface area (Å²) < 4.78 is 28.6. The van der Waals surface area contributed by atoms with Crippen molar-refractivity contribution in [2.75, 3.05) is 0 Å². The van der Waals surface area contributed by atoms with Crippen LogP contribution in [0.2, 0.25) is 0 Å². The van der Waals surface area contributed by atoms with Gasteiger partial charge in [0.05, 0.1) is 0 Å². The summed E-state index contributed by atoms with van der Waals surface area (Å²) in [5, 5.41) is 0. The maximum Gasteiger partial charge on any atom is 0.130 e. The Bertz CT molecular complexity index is 803. The van der Waals surface area contributed by atoms with Crippen molar-refractivity contribution >= 4 is 0 Å². The summed E-state index contributed by atoms with van der Waals surface area (Å²) in [6.45, 7) is 32.3. The van der Waals surface area contributed by atoms with E-state index in [4.69, 9.17) is 0 Å². The van der Waals surface area contributed by atoms with E-state index in [2.05, 4.69) is 73.9 Å². The summed E-state index contributed by atoms with van der Waals surface area (Å²) in [6, 6.07) is 0. The van der Waals surface area contributed by atoms with Gasteiger partial charge >= 0.3 is 0 Å². The molecule has 192 valence electrons. The highest BCUT2D eigenvalue weighted by atomic mass is 19.1. The van der Waals surface area contributed by atoms with E-state index in [0.29, 0.717) is 28.9 Å². The van der Waals surface area contributed by atoms with Crippen LogP contribution in [0.15, 0.2) is 84.1 Å². The van der Waals surface area contributed by atoms with E-state index >= 15 is 0 Å². The van der Waals surface area contributed by atoms with Crippen LogP contribution in [0.4, 0.5) is 8.78 Å². The van der Waals surface area contributed by atoms with Crippen LogP contribution in [0, 0.1) is 29.6 Å². The van der Waals surface area contributed by atoms with Crippen LogP contribution in [-0.2, 0) is 0 Å². The minimum atomic E-state index is -0.297. The Morgan fingerprint density at radius 3 is 1.62 bits per heavy atom. The number of hydrogen-bond acceptors (Lipinski definition) is 0. The predicted molar refractivity (Wildman–Crippen MR) is 149 cm³/mol. The van der Waals surface area contributed by atoms with Gasteiger partial charge in [0.1, 0.15) is 11.7 Å². The van der Waals surface area contributed by atoms with Gasteiger partial charge in [0.25, 0.3) is 0 Å². The van der Waals surface area contributed by atoms with Crippen molar-refractivity contribution < 1.29 is 8.78 Å². The lowest BCUT2D eigenvalue weighted by atomic mass is 9.84. The Kier molecular flexibility index (Phi) is 14.9. The highest BCUT2D eigenvalue weighted by Crippen LogP contribution is 2.29. The second kappa shape index (κ2) is 15.8. The molecule has 4 unspecified atom stereocenters. The number of allylic oxidation sites excluding steroid dienone is 10. The summed E-state index contributed by atoms with van der Waals surface area (Å²) in [5.41, 5.74) is 3.36. The second-order valence-corrected chi connectivity index (χ2v) is 10.8. The molecule has 0 aromatic carbocycles. The van der Waals surface area contributed by atoms with Crippen LogP contribution in [0.25, 0.3) is 0 Å². The van der Waals surface area contributed by atoms with Crippen LogP contribution in [0.5, 0.6) is 0 Å². The Balaban J connectivity index is 4.81. The molecular weight excluding hydrogens is 422 g/mol. The van der Waals surface area contributed by atoms with Crippen LogP contribution in [0.3, 0.4) is 0 Å². The highest BCUT2D eigenvalue weighted by Gasteiger charge is 2.15. The van der Waals surface area contributed by atoms with Crippen LogP contribution in [0.1, 0.15) is 87.5 Å². The number of hydrogen-bond donors (Lipinski definition) is 0. The molecule has 0 rings (SSSR count). The van der Waals surface area contributed by atoms with E-state index in [1.165, 1.54) is 6.08 Å². The molecule has 0 aromatic heterocycles. The minimum Gasteiger partial charge on any atom is -0.207 e. The zero-order valence-corrected chi connectivity index (χ0v) is 23.2. The first kappa shape index (κ1) is 32.0. The Morgan fingerprint density at radius 2 is 1.15 bits per heavy atom. The van der Waals surface area contributed by atoms with Gasteiger partial charge in [-0.25, -0.2) is 8.78 Å². The fraction of sp³-hybridized carbons (Fsp3) is 0.562. The summed E-state index contributed by atoms with van der Waals surface area (Å²) in [7, 11) is 0. The van der Waals surface area contributed by atoms with E-state index in [9.17, 15) is 8.78 Å². The van der Waals surface area contributed by atoms with Gasteiger partial charge in [-0.05, 0) is 104 Å². The predicted octanol–water partition coefficient (Wildman–Crippen LogP) is 11.0. The summed E-state index contributed by atoms with van der Waals surface area (Å²) in [4.78, 5) is 0. The molecule has 2 heteroatoms. The largest absolute Gasteiger partial charge is 0.207 e. The SMILES string of the molecule is C=C(C)/C(F)=C\C(=C)C(C)CCC(C)C(C)C/C=C(\C)C(=C)/C(F)=C\C(=C)C(C)CCC(C)C. The average Bonchev–Trinajstić information content (AvgIpc) is 2.77. The lowest BCUT2D eigenvalue weighted by molar-refractivity contribution is 0.343. The third kappa shape index (κ3) is 12.5. The molecule has 0 aromatic rings. The molecular formula is C32H50F2. The van der Waals surface area contributed by atoms with Crippen molar-refractivity contribution in [3.05, 3.63) is 84.1 Å². The zero-order valence-electron chi connectivity index (χ0n) is 23.2. The molecule has 0 saturated heterocycles. The van der Waals surface area contributed by atoms with Gasteiger partial charge in [0, 0.05) is 5.57 Å². The maximum absolute atomic E-state index is 14.8. The Hall–Kier alpha value is -1.96. The molecule has 0 aliphatic heterocycles. The van der Waals surface area contributed by atoms with Crippen molar-refractivity contribution in [1.29, 1.82) is 0 Å². The first-order valence-corrected chi connectivity index (χ1v) is 12.8. The third-order valence-corrected chi connectivity index (χ3v) is 7.06. The standard InChI is InChI=1S/C32H50F2/c1-21(2)13-14-25(7)29(11)20-32(34)30(12)27(9)18-17-24(6)23(5)15-16-26(8)28(10)19-31(33)22(3)4/h18-21,23-26H,3,10-17H2,1-2,4-9H3/b27-18+,31-19+,32-20+. The fourth-order valence-corrected chi connectivity index (χ4v) is 3.48. The topological polar surface area (TPSA) is 0 Å². The van der Waals surface area contributed by atoms with Crippen LogP contribution in [-0.4, -0.2) is 0 Å². The molecule has 0 nitrogen and oxygen atoms in total. The first-order valence-electron chi connectivity index (χ1n) is 12.8. The molecule has 0 spiro atoms. The zero-order chi connectivity index (χ0) is 26.6. The third-order valence-electron chi connectivity index (χ3n) is 7.06. The van der Waals surface area contributed by atoms with Crippen LogP contribution < -0.4 is 0 Å². The molecule has 0 heterocycles. The van der Waals surface area contributed by atoms with Gasteiger partial charge in [-0.15, -0.1) is 0 Å². The highest BCUT2D eigenvalue weighted by molar-refractivity contribution is 5.43. The summed E-state index contributed by atoms with van der Waals surface area (Å²) in [6.07, 6.45) is 10.1. The molecule has 0 radical (unpaired) electrons. The number of halogens is 2. The first-order chi connectivity index (χ1) is 15.7. The molecule has 0 bridgehead atoms. The lowest BCUT2D eigenvalue weighted by Crippen LogP contribution is -2.10. The van der Waals surface area contributed by atoms with Crippen molar-refractivity contribution in [1.82, 2.24) is 0 Å². The summed E-state index contributed by atoms with van der Waals surface area (Å²) >= 11 is 0. The average molecular weight is 473 g/mol. The van der Waals surface area contributed by atoms with Gasteiger partial charge in [-0.3, -0.25) is 0 Å². The normalized spacial score (nSPS) is 16.7. The van der Waals surface area contributed by atoms with E-state index in [0.717, 1.165) is 48.8 Å². The van der Waals surface area contributed by atoms with Crippen molar-refractivity contribution in [3.63, 3.8) is 0 Å². The molecule has 0 amide bonds. The number of rotatable bonds is 16. The van der Waals surface area contributed by atoms with E-state index in [1.54, 1.807) is 13.0 Å². The molecule has 0 fully saturated rings. The molecule has 0 N–H and O–H groups in total. The van der Waals surface area contributed by atoms with Gasteiger partial charge < -0.3 is 0 Å². The van der Waals surface area contributed by atoms with Crippen molar-refractivity contribution in [2.24, 2.45) is 29.6 Å². The van der Waals surface area contributed by atoms with E-state index < -0.39 is 0 Å². The lowest BCUT2D eigenvalue weighted by Gasteiger charge is -2.21. The quantitative estimate of drug-likeness (QED) is 0.196. The molecule has 0 aliphatic carbocycles.